The highest BCUT2D eigenvalue weighted by Gasteiger charge is 2.41. The van der Waals surface area contributed by atoms with Gasteiger partial charge in [-0.25, -0.2) is 0 Å². The van der Waals surface area contributed by atoms with Gasteiger partial charge in [0.05, 0.1) is 5.41 Å². The van der Waals surface area contributed by atoms with Gasteiger partial charge in [0.2, 0.25) is 5.91 Å². The van der Waals surface area contributed by atoms with Crippen LogP contribution >= 0.6 is 0 Å². The number of rotatable bonds is 9. The molecule has 1 amide bonds. The quantitative estimate of drug-likeness (QED) is 0.700. The molecule has 0 aromatic carbocycles. The van der Waals surface area contributed by atoms with E-state index in [-0.39, 0.29) is 5.41 Å². The van der Waals surface area contributed by atoms with Crippen LogP contribution in [-0.4, -0.2) is 29.9 Å². The lowest BCUT2D eigenvalue weighted by Gasteiger charge is -2.40. The fraction of sp³-hybridized carbons (Fsp3) is 0.944. The topological polar surface area (TPSA) is 46.3 Å². The summed E-state index contributed by atoms with van der Waals surface area (Å²) >= 11 is 0. The number of amides is 1. The number of carbonyl (C=O) groups excluding carboxylic acids is 1. The summed E-state index contributed by atoms with van der Waals surface area (Å²) in [6, 6.07) is 0.458. The van der Waals surface area contributed by atoms with Crippen molar-refractivity contribution in [2.45, 2.75) is 85.1 Å². The van der Waals surface area contributed by atoms with Gasteiger partial charge in [-0.15, -0.1) is 0 Å². The zero-order valence-corrected chi connectivity index (χ0v) is 14.7. The van der Waals surface area contributed by atoms with Crippen molar-refractivity contribution in [3.63, 3.8) is 0 Å². The molecule has 2 N–H and O–H groups in total. The number of nitrogens with two attached hydrogens (primary N) is 1. The van der Waals surface area contributed by atoms with Crippen LogP contribution in [0.4, 0.5) is 0 Å². The minimum absolute atomic E-state index is 0.318. The largest absolute Gasteiger partial charge is 0.339 e. The van der Waals surface area contributed by atoms with Crippen LogP contribution in [0.15, 0.2) is 0 Å². The highest BCUT2D eigenvalue weighted by atomic mass is 16.2. The maximum atomic E-state index is 13.3. The Hall–Kier alpha value is -0.570. The van der Waals surface area contributed by atoms with Gasteiger partial charge >= 0.3 is 0 Å². The number of hydrogen-bond acceptors (Lipinski definition) is 2. The molecule has 0 radical (unpaired) electrons. The van der Waals surface area contributed by atoms with Crippen LogP contribution in [-0.2, 0) is 4.79 Å². The third-order valence-electron chi connectivity index (χ3n) is 4.89. The normalized spacial score (nSPS) is 16.7. The summed E-state index contributed by atoms with van der Waals surface area (Å²) in [6.45, 7) is 10.1. The lowest BCUT2D eigenvalue weighted by Crippen LogP contribution is -2.52. The molecular weight excluding hydrogens is 260 g/mol. The molecule has 0 aromatic rings. The Bertz CT molecular complexity index is 302. The lowest BCUT2D eigenvalue weighted by atomic mass is 9.77. The second-order valence-electron chi connectivity index (χ2n) is 7.27. The maximum Gasteiger partial charge on any atom is 0.230 e. The average molecular weight is 296 g/mol. The number of nitrogens with zero attached hydrogens (tertiary/aromatic N) is 1. The molecule has 124 valence electrons. The average Bonchev–Trinajstić information content (AvgIpc) is 2.97. The molecule has 1 rings (SSSR count). The van der Waals surface area contributed by atoms with Crippen molar-refractivity contribution in [1.82, 2.24) is 4.90 Å². The molecule has 1 aliphatic carbocycles. The van der Waals surface area contributed by atoms with Crippen molar-refractivity contribution in [1.29, 1.82) is 0 Å². The Balaban J connectivity index is 2.97. The van der Waals surface area contributed by atoms with E-state index < -0.39 is 0 Å². The molecule has 0 atom stereocenters. The maximum absolute atomic E-state index is 13.3. The number of hydrogen-bond donors (Lipinski definition) is 1. The molecule has 0 bridgehead atoms. The van der Waals surface area contributed by atoms with Gasteiger partial charge in [0.15, 0.2) is 0 Å². The first-order valence-corrected chi connectivity index (χ1v) is 9.01. The van der Waals surface area contributed by atoms with E-state index in [2.05, 4.69) is 32.6 Å². The van der Waals surface area contributed by atoms with Crippen molar-refractivity contribution in [3.8, 4) is 0 Å². The van der Waals surface area contributed by atoms with Crippen molar-refractivity contribution in [2.75, 3.05) is 13.1 Å². The van der Waals surface area contributed by atoms with Gasteiger partial charge in [-0.2, -0.15) is 0 Å². The van der Waals surface area contributed by atoms with E-state index >= 15 is 0 Å². The van der Waals surface area contributed by atoms with E-state index in [0.29, 0.717) is 24.4 Å². The monoisotopic (exact) mass is 296 g/mol. The van der Waals surface area contributed by atoms with E-state index in [9.17, 15) is 4.79 Å². The highest BCUT2D eigenvalue weighted by molar-refractivity contribution is 5.83. The predicted molar refractivity (Wildman–Crippen MR) is 90.1 cm³/mol. The second-order valence-corrected chi connectivity index (χ2v) is 7.27. The third kappa shape index (κ3) is 4.70. The Morgan fingerprint density at radius 3 is 2.10 bits per heavy atom. The second kappa shape index (κ2) is 8.77. The molecule has 3 heteroatoms. The first-order chi connectivity index (χ1) is 10.0. The zero-order valence-electron chi connectivity index (χ0n) is 14.7. The molecule has 21 heavy (non-hydrogen) atoms. The summed E-state index contributed by atoms with van der Waals surface area (Å²) in [5.41, 5.74) is 5.78. The van der Waals surface area contributed by atoms with Crippen LogP contribution < -0.4 is 5.73 Å². The van der Waals surface area contributed by atoms with Crippen LogP contribution in [0.5, 0.6) is 0 Å². The van der Waals surface area contributed by atoms with Gasteiger partial charge in [0.1, 0.15) is 0 Å². The molecule has 0 spiro atoms. The first-order valence-electron chi connectivity index (χ1n) is 9.01. The van der Waals surface area contributed by atoms with E-state index in [1.54, 1.807) is 0 Å². The standard InChI is InChI=1S/C18H36N2O/c1-5-11-18(14-19,12-6-2)17(21)20(13-15(3)4)16-9-7-8-10-16/h15-16H,5-14,19H2,1-4H3. The molecule has 0 aromatic heterocycles. The minimum atomic E-state index is -0.318. The Morgan fingerprint density at radius 1 is 1.19 bits per heavy atom. The summed E-state index contributed by atoms with van der Waals surface area (Å²) in [7, 11) is 0. The fourth-order valence-electron chi connectivity index (χ4n) is 3.90. The Kier molecular flexibility index (Phi) is 7.72. The van der Waals surface area contributed by atoms with E-state index in [4.69, 9.17) is 5.73 Å². The molecule has 0 heterocycles. The van der Waals surface area contributed by atoms with Crippen LogP contribution in [0, 0.1) is 11.3 Å². The van der Waals surface area contributed by atoms with E-state index in [0.717, 1.165) is 32.2 Å². The Labute approximate surface area is 131 Å². The third-order valence-corrected chi connectivity index (χ3v) is 4.89. The molecule has 1 fully saturated rings. The van der Waals surface area contributed by atoms with E-state index in [1.165, 1.54) is 25.7 Å². The van der Waals surface area contributed by atoms with Gasteiger partial charge in [0, 0.05) is 19.1 Å². The minimum Gasteiger partial charge on any atom is -0.339 e. The van der Waals surface area contributed by atoms with Gasteiger partial charge in [0.25, 0.3) is 0 Å². The highest BCUT2D eigenvalue weighted by Crippen LogP contribution is 2.35. The smallest absolute Gasteiger partial charge is 0.230 e. The van der Waals surface area contributed by atoms with Gasteiger partial charge < -0.3 is 10.6 Å². The van der Waals surface area contributed by atoms with Crippen LogP contribution in [0.3, 0.4) is 0 Å². The summed E-state index contributed by atoms with van der Waals surface area (Å²) in [6.07, 6.45) is 8.81. The molecule has 1 aliphatic rings. The molecular formula is C18H36N2O. The summed E-state index contributed by atoms with van der Waals surface area (Å²) < 4.78 is 0. The molecule has 3 nitrogen and oxygen atoms in total. The van der Waals surface area contributed by atoms with Crippen molar-refractivity contribution < 1.29 is 4.79 Å². The molecule has 0 saturated heterocycles. The molecule has 0 aliphatic heterocycles. The van der Waals surface area contributed by atoms with Gasteiger partial charge in [-0.1, -0.05) is 53.4 Å². The zero-order chi connectivity index (χ0) is 15.9. The van der Waals surface area contributed by atoms with Crippen LogP contribution in [0.1, 0.15) is 79.1 Å². The van der Waals surface area contributed by atoms with Crippen LogP contribution in [0.25, 0.3) is 0 Å². The van der Waals surface area contributed by atoms with E-state index in [1.807, 2.05) is 0 Å². The predicted octanol–water partition coefficient (Wildman–Crippen LogP) is 3.96. The summed E-state index contributed by atoms with van der Waals surface area (Å²) in [4.78, 5) is 15.5. The molecule has 1 saturated carbocycles. The Morgan fingerprint density at radius 2 is 1.71 bits per heavy atom. The van der Waals surface area contributed by atoms with Crippen molar-refractivity contribution >= 4 is 5.91 Å². The number of carbonyl (C=O) groups is 1. The SMILES string of the molecule is CCCC(CN)(CCC)C(=O)N(CC(C)C)C1CCCC1. The van der Waals surface area contributed by atoms with Crippen molar-refractivity contribution in [3.05, 3.63) is 0 Å². The van der Waals surface area contributed by atoms with Gasteiger partial charge in [-0.3, -0.25) is 4.79 Å². The molecule has 0 unspecified atom stereocenters. The fourth-order valence-corrected chi connectivity index (χ4v) is 3.90. The lowest BCUT2D eigenvalue weighted by molar-refractivity contribution is -0.145. The van der Waals surface area contributed by atoms with Gasteiger partial charge in [-0.05, 0) is 31.6 Å². The summed E-state index contributed by atoms with van der Waals surface area (Å²) in [5, 5.41) is 0. The van der Waals surface area contributed by atoms with Crippen LogP contribution in [0.2, 0.25) is 0 Å². The van der Waals surface area contributed by atoms with Crippen molar-refractivity contribution in [2.24, 2.45) is 17.1 Å². The summed E-state index contributed by atoms with van der Waals surface area (Å²) in [5.74, 6) is 0.863. The first kappa shape index (κ1) is 18.5.